The number of halogens is 2. The second-order valence-electron chi connectivity index (χ2n) is 15.3. The number of ether oxygens (including phenoxy) is 3. The fourth-order valence-electron chi connectivity index (χ4n) is 6.79. The number of aryl methyl sites for hydroxylation is 1. The number of aliphatic imine (C=N–C) groups is 1. The number of esters is 1. The second kappa shape index (κ2) is 24.5. The number of carbonyl (C=O) groups is 3. The van der Waals surface area contributed by atoms with E-state index < -0.39 is 5.97 Å². The maximum Gasteiger partial charge on any atom is 0.363 e. The first-order valence-corrected chi connectivity index (χ1v) is 24.7. The molecule has 0 aliphatic carbocycles. The summed E-state index contributed by atoms with van der Waals surface area (Å²) in [6, 6.07) is 42.1. The Morgan fingerprint density at radius 1 is 0.704 bits per heavy atom. The topological polar surface area (TPSA) is 121 Å². The molecular weight excluding hydrogens is 1060 g/mol. The minimum Gasteiger partial charge on any atom is -0.508 e. The van der Waals surface area contributed by atoms with Gasteiger partial charge in [0.15, 0.2) is 14.3 Å². The molecule has 3 heterocycles. The molecule has 1 N–H and O–H groups in total. The van der Waals surface area contributed by atoms with Gasteiger partial charge in [0.25, 0.3) is 11.8 Å². The maximum absolute atomic E-state index is 12.7. The lowest BCUT2D eigenvalue weighted by molar-refractivity contribution is -0.130. The Hall–Kier alpha value is -6.53. The highest BCUT2D eigenvalue weighted by Gasteiger charge is 2.35. The number of methoxy groups -OCH3 is 2. The SMILES string of the molecule is C.COc1ccccc1C1=N/C(=C\c2ccc(N(C)C)c(Br)c2)C(=O)O1.COc1ccccc1N1C(=O)/C(=C/c2ccc(Cl)cc2)SC1=S.Cc1ccc(N2C(=O)/C(=C/c3ccc(O)cc3)SC2=S)cc1. The van der Waals surface area contributed by atoms with Crippen molar-refractivity contribution in [2.24, 2.45) is 4.99 Å². The first-order chi connectivity index (χ1) is 33.6. The van der Waals surface area contributed by atoms with Crippen LogP contribution in [0.2, 0.25) is 5.02 Å². The minimum atomic E-state index is -0.478. The first kappa shape index (κ1) is 53.8. The molecule has 0 aromatic heterocycles. The van der Waals surface area contributed by atoms with Gasteiger partial charge in [-0.15, -0.1) is 0 Å². The van der Waals surface area contributed by atoms with Gasteiger partial charge in [-0.25, -0.2) is 9.79 Å². The Morgan fingerprint density at radius 2 is 1.24 bits per heavy atom. The largest absolute Gasteiger partial charge is 0.508 e. The molecule has 0 bridgehead atoms. The lowest BCUT2D eigenvalue weighted by atomic mass is 10.1. The summed E-state index contributed by atoms with van der Waals surface area (Å²) in [5.41, 5.74) is 7.12. The summed E-state index contributed by atoms with van der Waals surface area (Å²) in [7, 11) is 7.07. The molecule has 2 amide bonds. The van der Waals surface area contributed by atoms with Crippen molar-refractivity contribution >= 4 is 143 Å². The standard InChI is InChI=1S/C19H17BrN2O3.C17H12ClNO2S2.C17H13NO2S2.CH4/c1-22(2)16-9-8-12(10-14(16)20)11-15-19(23)25-18(21-15)13-6-4-5-7-17(13)24-3;1-21-14-5-3-2-4-13(14)19-16(20)15(23-17(19)22)10-11-6-8-12(18)9-7-11;1-11-2-6-13(7-3-11)18-16(20)15(22-17(18)21)10-12-4-8-14(19)9-5-12;/h4-11H,1-3H3;2-10H,1H3;2-10,19H,1H3;1H4/b15-11-;2*15-10-;. The van der Waals surface area contributed by atoms with Gasteiger partial charge in [-0.2, -0.15) is 0 Å². The van der Waals surface area contributed by atoms with E-state index in [1.54, 1.807) is 85.9 Å². The molecule has 3 aliphatic rings. The molecule has 2 saturated heterocycles. The number of hydrogen-bond donors (Lipinski definition) is 1. The number of carbonyl (C=O) groups excluding carboxylic acids is 3. The molecule has 9 rings (SSSR count). The quantitative estimate of drug-likeness (QED) is 0.0843. The molecule has 0 unspecified atom stereocenters. The maximum atomic E-state index is 12.7. The van der Waals surface area contributed by atoms with Crippen LogP contribution in [0.1, 0.15) is 35.2 Å². The normalized spacial score (nSPS) is 15.7. The predicted molar refractivity (Wildman–Crippen MR) is 304 cm³/mol. The van der Waals surface area contributed by atoms with Crippen LogP contribution >= 0.6 is 75.5 Å². The number of nitrogens with zero attached hydrogens (tertiary/aromatic N) is 4. The number of aromatic hydroxyl groups is 1. The third kappa shape index (κ3) is 13.3. The van der Waals surface area contributed by atoms with E-state index in [1.807, 2.05) is 117 Å². The Labute approximate surface area is 445 Å². The lowest BCUT2D eigenvalue weighted by Crippen LogP contribution is -2.27. The van der Waals surface area contributed by atoms with E-state index in [1.165, 1.54) is 28.4 Å². The highest BCUT2D eigenvalue weighted by Crippen LogP contribution is 2.40. The highest BCUT2D eigenvalue weighted by atomic mass is 79.9. The van der Waals surface area contributed by atoms with Crippen molar-refractivity contribution in [2.75, 3.05) is 43.0 Å². The fourth-order valence-corrected chi connectivity index (χ4v) is 10.2. The zero-order chi connectivity index (χ0) is 50.1. The van der Waals surface area contributed by atoms with Gasteiger partial charge < -0.3 is 24.2 Å². The van der Waals surface area contributed by atoms with Gasteiger partial charge >= 0.3 is 5.97 Å². The monoisotopic (exact) mass is 1100 g/mol. The Kier molecular flexibility index (Phi) is 18.6. The Morgan fingerprint density at radius 3 is 1.83 bits per heavy atom. The van der Waals surface area contributed by atoms with Crippen LogP contribution in [0.15, 0.2) is 164 Å². The van der Waals surface area contributed by atoms with E-state index in [0.717, 1.165) is 38.1 Å². The van der Waals surface area contributed by atoms with Crippen LogP contribution in [0.3, 0.4) is 0 Å². The number of rotatable bonds is 9. The van der Waals surface area contributed by atoms with Crippen molar-refractivity contribution in [1.29, 1.82) is 0 Å². The van der Waals surface area contributed by atoms with Crippen LogP contribution < -0.4 is 24.2 Å². The van der Waals surface area contributed by atoms with E-state index in [9.17, 15) is 19.5 Å². The van der Waals surface area contributed by atoms with E-state index in [4.69, 9.17) is 50.2 Å². The fraction of sp³-hybridized carbons (Fsp3) is 0.111. The number of phenolic OH excluding ortho intramolecular Hbond substituents is 1. The smallest absolute Gasteiger partial charge is 0.363 e. The number of hydrogen-bond acceptors (Lipinski definition) is 13. The molecular formula is C54H46BrClN4O7S4. The number of anilines is 3. The first-order valence-electron chi connectivity index (χ1n) is 21.1. The summed E-state index contributed by atoms with van der Waals surface area (Å²) in [5, 5.41) is 9.96. The van der Waals surface area contributed by atoms with Crippen LogP contribution in [0.5, 0.6) is 17.2 Å². The van der Waals surface area contributed by atoms with E-state index >= 15 is 0 Å². The van der Waals surface area contributed by atoms with Gasteiger partial charge in [-0.3, -0.25) is 19.4 Å². The van der Waals surface area contributed by atoms with Crippen molar-refractivity contribution in [2.45, 2.75) is 14.4 Å². The van der Waals surface area contributed by atoms with Crippen molar-refractivity contribution in [3.8, 4) is 17.2 Å². The minimum absolute atomic E-state index is 0. The zero-order valence-electron chi connectivity index (χ0n) is 38.1. The number of para-hydroxylation sites is 3. The van der Waals surface area contributed by atoms with Gasteiger partial charge in [-0.1, -0.05) is 139 Å². The predicted octanol–water partition coefficient (Wildman–Crippen LogP) is 13.4. The van der Waals surface area contributed by atoms with Gasteiger partial charge in [0.2, 0.25) is 5.90 Å². The third-order valence-electron chi connectivity index (χ3n) is 10.3. The average Bonchev–Trinajstić information content (AvgIpc) is 3.96. The molecule has 3 aliphatic heterocycles. The van der Waals surface area contributed by atoms with Crippen LogP contribution in [-0.2, 0) is 19.1 Å². The molecule has 2 fully saturated rings. The number of amides is 2. The second-order valence-corrected chi connectivity index (χ2v) is 20.0. The lowest BCUT2D eigenvalue weighted by Gasteiger charge is -2.17. The molecule has 6 aromatic rings. The molecule has 71 heavy (non-hydrogen) atoms. The average molecular weight is 1110 g/mol. The highest BCUT2D eigenvalue weighted by molar-refractivity contribution is 9.10. The van der Waals surface area contributed by atoms with E-state index in [2.05, 4.69) is 20.9 Å². The van der Waals surface area contributed by atoms with Crippen molar-refractivity contribution in [3.63, 3.8) is 0 Å². The van der Waals surface area contributed by atoms with Gasteiger partial charge in [0.1, 0.15) is 17.2 Å². The van der Waals surface area contributed by atoms with Gasteiger partial charge in [-0.05, 0) is 131 Å². The van der Waals surface area contributed by atoms with E-state index in [-0.39, 0.29) is 36.6 Å². The summed E-state index contributed by atoms with van der Waals surface area (Å²) < 4.78 is 17.9. The third-order valence-corrected chi connectivity index (χ3v) is 13.8. The molecule has 0 saturated carbocycles. The molecule has 17 heteroatoms. The number of benzene rings is 6. The summed E-state index contributed by atoms with van der Waals surface area (Å²) >= 11 is 22.7. The zero-order valence-corrected chi connectivity index (χ0v) is 43.7. The number of phenols is 1. The van der Waals surface area contributed by atoms with Crippen LogP contribution in [0, 0.1) is 6.92 Å². The van der Waals surface area contributed by atoms with Crippen LogP contribution in [0.4, 0.5) is 17.1 Å². The van der Waals surface area contributed by atoms with E-state index in [0.29, 0.717) is 46.2 Å². The number of cyclic esters (lactones) is 1. The summed E-state index contributed by atoms with van der Waals surface area (Å²) in [4.78, 5) is 48.0. The molecule has 0 atom stereocenters. The molecule has 11 nitrogen and oxygen atoms in total. The van der Waals surface area contributed by atoms with Crippen LogP contribution in [0.25, 0.3) is 18.2 Å². The van der Waals surface area contributed by atoms with Crippen LogP contribution in [-0.4, -0.2) is 65.7 Å². The summed E-state index contributed by atoms with van der Waals surface area (Å²) in [6.45, 7) is 2.00. The van der Waals surface area contributed by atoms with Gasteiger partial charge in [0, 0.05) is 23.6 Å². The Bertz CT molecular complexity index is 3120. The summed E-state index contributed by atoms with van der Waals surface area (Å²) in [5.74, 6) is 0.909. The Balaban J connectivity index is 0.000000173. The summed E-state index contributed by atoms with van der Waals surface area (Å²) in [6.07, 6.45) is 5.30. The van der Waals surface area contributed by atoms with Gasteiger partial charge in [0.05, 0.1) is 46.7 Å². The van der Waals surface area contributed by atoms with Crippen molar-refractivity contribution < 1.29 is 33.7 Å². The molecule has 0 radical (unpaired) electrons. The molecule has 6 aromatic carbocycles. The molecule has 0 spiro atoms. The van der Waals surface area contributed by atoms with Crippen molar-refractivity contribution in [1.82, 2.24) is 0 Å². The number of thioether (sulfide) groups is 2. The number of thiocarbonyl (C=S) groups is 2. The van der Waals surface area contributed by atoms with Crippen molar-refractivity contribution in [3.05, 3.63) is 192 Å². The molecule has 362 valence electrons.